The molecule has 3 aromatic rings. The zero-order valence-electron chi connectivity index (χ0n) is 17.0. The van der Waals surface area contributed by atoms with Gasteiger partial charge in [-0.2, -0.15) is 5.26 Å². The lowest BCUT2D eigenvalue weighted by molar-refractivity contribution is 0.0782. The number of amides is 1. The molecule has 0 N–H and O–H groups in total. The molecular weight excluding hydrogens is 467 g/mol. The van der Waals surface area contributed by atoms with Crippen LogP contribution in [-0.2, 0) is 0 Å². The summed E-state index contributed by atoms with van der Waals surface area (Å²) >= 11 is 18.3. The molecule has 0 aliphatic carbocycles. The highest BCUT2D eigenvalue weighted by molar-refractivity contribution is 6.42. The van der Waals surface area contributed by atoms with Crippen LogP contribution in [0.1, 0.15) is 27.4 Å². The lowest BCUT2D eigenvalue weighted by Gasteiger charge is -2.19. The van der Waals surface area contributed by atoms with Gasteiger partial charge in [-0.25, -0.2) is 0 Å². The van der Waals surface area contributed by atoms with Gasteiger partial charge < -0.3 is 9.64 Å². The van der Waals surface area contributed by atoms with Crippen LogP contribution >= 0.6 is 34.8 Å². The van der Waals surface area contributed by atoms with Gasteiger partial charge in [0.15, 0.2) is 0 Å². The second kappa shape index (κ2) is 9.83. The molecule has 0 saturated carbocycles. The van der Waals surface area contributed by atoms with E-state index in [4.69, 9.17) is 44.8 Å². The fourth-order valence-corrected chi connectivity index (χ4v) is 4.36. The third kappa shape index (κ3) is 5.02. The summed E-state index contributed by atoms with van der Waals surface area (Å²) in [6.07, 6.45) is 0. The number of likely N-dealkylation sites (tertiary alicyclic amines) is 1. The third-order valence-electron chi connectivity index (χ3n) is 5.64. The van der Waals surface area contributed by atoms with Gasteiger partial charge in [-0.15, -0.1) is 0 Å². The van der Waals surface area contributed by atoms with E-state index in [9.17, 15) is 4.79 Å². The fourth-order valence-electron chi connectivity index (χ4n) is 3.93. The fraction of sp³-hybridized carbons (Fsp3) is 0.200. The summed E-state index contributed by atoms with van der Waals surface area (Å²) in [5.41, 5.74) is 2.08. The minimum Gasteiger partial charge on any atom is -0.493 e. The number of ether oxygens (including phenoxy) is 1. The van der Waals surface area contributed by atoms with Crippen molar-refractivity contribution in [2.75, 3.05) is 19.7 Å². The van der Waals surface area contributed by atoms with Gasteiger partial charge in [0.05, 0.1) is 28.3 Å². The molecule has 0 aromatic heterocycles. The van der Waals surface area contributed by atoms with E-state index in [-0.39, 0.29) is 17.7 Å². The molecule has 32 heavy (non-hydrogen) atoms. The van der Waals surface area contributed by atoms with Gasteiger partial charge in [0.2, 0.25) is 0 Å². The second-order valence-electron chi connectivity index (χ2n) is 7.70. The maximum Gasteiger partial charge on any atom is 0.253 e. The van der Waals surface area contributed by atoms with Crippen LogP contribution in [0.3, 0.4) is 0 Å². The van der Waals surface area contributed by atoms with Gasteiger partial charge >= 0.3 is 0 Å². The van der Waals surface area contributed by atoms with Crippen LogP contribution in [0, 0.1) is 17.2 Å². The smallest absolute Gasteiger partial charge is 0.253 e. The Morgan fingerprint density at radius 1 is 0.969 bits per heavy atom. The highest BCUT2D eigenvalue weighted by Gasteiger charge is 2.37. The van der Waals surface area contributed by atoms with Crippen molar-refractivity contribution in [3.05, 3.63) is 98.5 Å². The van der Waals surface area contributed by atoms with Crippen molar-refractivity contribution >= 4 is 40.7 Å². The first-order valence-corrected chi connectivity index (χ1v) is 11.2. The molecule has 1 fully saturated rings. The molecule has 0 unspecified atom stereocenters. The summed E-state index contributed by atoms with van der Waals surface area (Å²) in [6.45, 7) is 1.51. The Labute approximate surface area is 201 Å². The zero-order chi connectivity index (χ0) is 22.7. The van der Waals surface area contributed by atoms with Crippen LogP contribution in [0.5, 0.6) is 5.75 Å². The Morgan fingerprint density at radius 3 is 2.34 bits per heavy atom. The van der Waals surface area contributed by atoms with Crippen molar-refractivity contribution in [1.82, 2.24) is 4.90 Å². The highest BCUT2D eigenvalue weighted by Crippen LogP contribution is 2.36. The van der Waals surface area contributed by atoms with Gasteiger partial charge in [-0.3, -0.25) is 4.79 Å². The maximum atomic E-state index is 13.1. The lowest BCUT2D eigenvalue weighted by Crippen LogP contribution is -2.29. The molecule has 0 spiro atoms. The highest BCUT2D eigenvalue weighted by atomic mass is 35.5. The minimum absolute atomic E-state index is 0.0411. The number of benzene rings is 3. The first-order chi connectivity index (χ1) is 15.4. The lowest BCUT2D eigenvalue weighted by atomic mass is 9.89. The summed E-state index contributed by atoms with van der Waals surface area (Å²) in [7, 11) is 0. The Hall–Kier alpha value is -2.71. The second-order valence-corrected chi connectivity index (χ2v) is 8.96. The van der Waals surface area contributed by atoms with Crippen LogP contribution in [-0.4, -0.2) is 30.5 Å². The molecule has 3 aromatic carbocycles. The average molecular weight is 486 g/mol. The predicted molar refractivity (Wildman–Crippen MR) is 127 cm³/mol. The molecule has 1 saturated heterocycles. The van der Waals surface area contributed by atoms with Gasteiger partial charge in [-0.05, 0) is 66.2 Å². The van der Waals surface area contributed by atoms with E-state index in [0.717, 1.165) is 11.3 Å². The van der Waals surface area contributed by atoms with Crippen LogP contribution in [0.25, 0.3) is 0 Å². The van der Waals surface area contributed by atoms with E-state index in [0.29, 0.717) is 45.9 Å². The van der Waals surface area contributed by atoms with Gasteiger partial charge in [-0.1, -0.05) is 40.9 Å². The predicted octanol–water partition coefficient (Wildman–Crippen LogP) is 6.45. The van der Waals surface area contributed by atoms with E-state index < -0.39 is 0 Å². The van der Waals surface area contributed by atoms with E-state index in [1.807, 2.05) is 29.2 Å². The van der Waals surface area contributed by atoms with Crippen molar-refractivity contribution in [2.24, 2.45) is 5.92 Å². The van der Waals surface area contributed by atoms with Crippen molar-refractivity contribution in [3.63, 3.8) is 0 Å². The number of nitriles is 1. The Balaban J connectivity index is 1.56. The number of carbonyl (C=O) groups excluding carboxylic acids is 1. The topological polar surface area (TPSA) is 53.3 Å². The van der Waals surface area contributed by atoms with E-state index >= 15 is 0 Å². The molecule has 0 radical (unpaired) electrons. The molecule has 1 amide bonds. The summed E-state index contributed by atoms with van der Waals surface area (Å²) < 4.78 is 6.02. The largest absolute Gasteiger partial charge is 0.493 e. The van der Waals surface area contributed by atoms with E-state index in [1.165, 1.54) is 0 Å². The number of nitrogens with zero attached hydrogens (tertiary/aromatic N) is 2. The standard InChI is InChI=1S/C25H19Cl3N2O2/c26-20-6-8-21(9-7-20)32-15-19-13-30(25(31)17-3-1-16(12-29)2-4-17)14-22(19)18-5-10-23(27)24(28)11-18/h1-11,19,22H,13-15H2/t19-,22+/m0/s1. The van der Waals surface area contributed by atoms with Crippen molar-refractivity contribution in [1.29, 1.82) is 5.26 Å². The third-order valence-corrected chi connectivity index (χ3v) is 6.63. The average Bonchev–Trinajstić information content (AvgIpc) is 3.24. The monoisotopic (exact) mass is 484 g/mol. The number of halogens is 3. The minimum atomic E-state index is -0.0754. The first-order valence-electron chi connectivity index (χ1n) is 10.1. The number of hydrogen-bond acceptors (Lipinski definition) is 3. The van der Waals surface area contributed by atoms with E-state index in [1.54, 1.807) is 42.5 Å². The summed E-state index contributed by atoms with van der Waals surface area (Å²) in [5.74, 6) is 0.748. The SMILES string of the molecule is N#Cc1ccc(C(=O)N2C[C@@H](COc3ccc(Cl)cc3)[C@@H](c3ccc(Cl)c(Cl)c3)C2)cc1. The molecule has 4 rings (SSSR count). The maximum absolute atomic E-state index is 13.1. The molecule has 0 bridgehead atoms. The van der Waals surface area contributed by atoms with Crippen molar-refractivity contribution in [2.45, 2.75) is 5.92 Å². The van der Waals surface area contributed by atoms with Crippen molar-refractivity contribution in [3.8, 4) is 11.8 Å². The molecule has 162 valence electrons. The first kappa shape index (κ1) is 22.5. The number of rotatable bonds is 5. The van der Waals surface area contributed by atoms with Crippen LogP contribution in [0.15, 0.2) is 66.7 Å². The zero-order valence-corrected chi connectivity index (χ0v) is 19.2. The molecule has 4 nitrogen and oxygen atoms in total. The number of carbonyl (C=O) groups is 1. The van der Waals surface area contributed by atoms with Gasteiger partial charge in [0, 0.05) is 35.5 Å². The summed E-state index contributed by atoms with van der Waals surface area (Å²) in [5, 5.41) is 10.6. The van der Waals surface area contributed by atoms with Gasteiger partial charge in [0.1, 0.15) is 5.75 Å². The molecule has 2 atom stereocenters. The summed E-state index contributed by atoms with van der Waals surface area (Å²) in [4.78, 5) is 15.0. The molecule has 1 aliphatic heterocycles. The Bertz CT molecular complexity index is 1160. The molecule has 1 heterocycles. The normalized spacial score (nSPS) is 17.8. The van der Waals surface area contributed by atoms with Crippen molar-refractivity contribution < 1.29 is 9.53 Å². The Kier molecular flexibility index (Phi) is 6.91. The quantitative estimate of drug-likeness (QED) is 0.417. The van der Waals surface area contributed by atoms with Crippen LogP contribution in [0.2, 0.25) is 15.1 Å². The summed E-state index contributed by atoms with van der Waals surface area (Å²) in [6, 6.07) is 21.6. The van der Waals surface area contributed by atoms with Gasteiger partial charge in [0.25, 0.3) is 5.91 Å². The molecule has 7 heteroatoms. The molecular formula is C25H19Cl3N2O2. The van der Waals surface area contributed by atoms with Crippen LogP contribution in [0.4, 0.5) is 0 Å². The van der Waals surface area contributed by atoms with E-state index in [2.05, 4.69) is 6.07 Å². The number of hydrogen-bond donors (Lipinski definition) is 0. The molecule has 1 aliphatic rings. The van der Waals surface area contributed by atoms with Crippen LogP contribution < -0.4 is 4.74 Å². The Morgan fingerprint density at radius 2 is 1.69 bits per heavy atom.